The highest BCUT2D eigenvalue weighted by molar-refractivity contribution is 7.15. The maximum Gasteiger partial charge on any atom is 0.123 e. The first-order valence-corrected chi connectivity index (χ1v) is 9.41. The highest BCUT2D eigenvalue weighted by Gasteiger charge is 2.25. The average molecular weight is 330 g/mol. The van der Waals surface area contributed by atoms with Crippen molar-refractivity contribution in [2.45, 2.75) is 51.7 Å². The molecule has 0 saturated heterocycles. The van der Waals surface area contributed by atoms with Crippen molar-refractivity contribution < 1.29 is 5.11 Å². The van der Waals surface area contributed by atoms with Crippen LogP contribution in [0.2, 0.25) is 0 Å². The van der Waals surface area contributed by atoms with Crippen LogP contribution in [-0.2, 0) is 6.42 Å². The molecule has 1 aliphatic rings. The van der Waals surface area contributed by atoms with E-state index in [0.29, 0.717) is 12.0 Å². The molecule has 3 rings (SSSR count). The maximum absolute atomic E-state index is 9.51. The molecule has 2 N–H and O–H groups in total. The van der Waals surface area contributed by atoms with E-state index in [2.05, 4.69) is 36.5 Å². The van der Waals surface area contributed by atoms with Crippen LogP contribution in [0.4, 0.5) is 0 Å². The van der Waals surface area contributed by atoms with Gasteiger partial charge < -0.3 is 10.4 Å². The van der Waals surface area contributed by atoms with Gasteiger partial charge in [-0.05, 0) is 45.1 Å². The Morgan fingerprint density at radius 3 is 2.83 bits per heavy atom. The van der Waals surface area contributed by atoms with Crippen molar-refractivity contribution in [3.05, 3.63) is 40.9 Å². The number of hydrogen-bond donors (Lipinski definition) is 2. The minimum absolute atomic E-state index is 0.221. The Bertz CT molecular complexity index is 624. The first kappa shape index (κ1) is 16.6. The summed E-state index contributed by atoms with van der Waals surface area (Å²) in [5, 5.41) is 14.4. The second-order valence-electron chi connectivity index (χ2n) is 6.74. The molecule has 0 aliphatic heterocycles. The lowest BCUT2D eigenvalue weighted by Crippen LogP contribution is -2.29. The second kappa shape index (κ2) is 7.56. The molecule has 0 spiro atoms. The van der Waals surface area contributed by atoms with Gasteiger partial charge in [0.1, 0.15) is 5.01 Å². The number of aliphatic hydroxyl groups is 1. The molecule has 0 radical (unpaired) electrons. The molecule has 3 atom stereocenters. The van der Waals surface area contributed by atoms with Crippen molar-refractivity contribution in [2.24, 2.45) is 5.92 Å². The van der Waals surface area contributed by atoms with Gasteiger partial charge in [0.2, 0.25) is 0 Å². The van der Waals surface area contributed by atoms with Gasteiger partial charge in [-0.25, -0.2) is 4.98 Å². The van der Waals surface area contributed by atoms with Gasteiger partial charge in [0.25, 0.3) is 0 Å². The summed E-state index contributed by atoms with van der Waals surface area (Å²) in [6.45, 7) is 5.02. The molecule has 0 saturated carbocycles. The molecule has 4 heteroatoms. The minimum Gasteiger partial charge on any atom is -0.393 e. The summed E-state index contributed by atoms with van der Waals surface area (Å²) in [5.74, 6) is 0.488. The highest BCUT2D eigenvalue weighted by atomic mass is 32.1. The Kier molecular flexibility index (Phi) is 5.46. The van der Waals surface area contributed by atoms with Crippen LogP contribution in [0.5, 0.6) is 0 Å². The van der Waals surface area contributed by atoms with Crippen LogP contribution in [-0.4, -0.2) is 22.7 Å². The lowest BCUT2D eigenvalue weighted by Gasteiger charge is -2.24. The van der Waals surface area contributed by atoms with E-state index in [1.807, 2.05) is 24.3 Å². The summed E-state index contributed by atoms with van der Waals surface area (Å²) in [6.07, 6.45) is 4.12. The van der Waals surface area contributed by atoms with E-state index >= 15 is 0 Å². The van der Waals surface area contributed by atoms with Crippen molar-refractivity contribution in [1.29, 1.82) is 0 Å². The third-order valence-corrected chi connectivity index (χ3v) is 5.69. The highest BCUT2D eigenvalue weighted by Crippen LogP contribution is 2.37. The van der Waals surface area contributed by atoms with Crippen molar-refractivity contribution in [2.75, 3.05) is 6.54 Å². The number of benzene rings is 1. The number of aryl methyl sites for hydroxylation is 1. The van der Waals surface area contributed by atoms with Crippen LogP contribution >= 0.6 is 11.3 Å². The van der Waals surface area contributed by atoms with Crippen LogP contribution in [0.3, 0.4) is 0 Å². The summed E-state index contributed by atoms with van der Waals surface area (Å²) >= 11 is 1.84. The quantitative estimate of drug-likeness (QED) is 0.835. The Hall–Kier alpha value is -1.23. The zero-order chi connectivity index (χ0) is 16.2. The third kappa shape index (κ3) is 4.19. The number of rotatable bonds is 6. The molecule has 0 amide bonds. The average Bonchev–Trinajstić information content (AvgIpc) is 2.98. The Labute approximate surface area is 142 Å². The maximum atomic E-state index is 9.51. The molecule has 1 aromatic heterocycles. The molecule has 124 valence electrons. The number of aliphatic hydroxyl groups excluding tert-OH is 1. The molecule has 3 unspecified atom stereocenters. The monoisotopic (exact) mass is 330 g/mol. The summed E-state index contributed by atoms with van der Waals surface area (Å²) < 4.78 is 0. The molecule has 1 aromatic carbocycles. The van der Waals surface area contributed by atoms with Gasteiger partial charge in [-0.1, -0.05) is 37.3 Å². The lowest BCUT2D eigenvalue weighted by atomic mass is 9.97. The molecule has 0 bridgehead atoms. The van der Waals surface area contributed by atoms with E-state index in [9.17, 15) is 5.11 Å². The third-order valence-electron chi connectivity index (χ3n) is 4.43. The summed E-state index contributed by atoms with van der Waals surface area (Å²) in [5.41, 5.74) is 2.49. The van der Waals surface area contributed by atoms with Crippen molar-refractivity contribution >= 4 is 11.3 Å². The number of aromatic nitrogens is 1. The molecule has 1 heterocycles. The van der Waals surface area contributed by atoms with Gasteiger partial charge in [0.15, 0.2) is 0 Å². The zero-order valence-corrected chi connectivity index (χ0v) is 14.8. The number of nitrogens with one attached hydrogen (secondary N) is 1. The smallest absolute Gasteiger partial charge is 0.123 e. The van der Waals surface area contributed by atoms with Gasteiger partial charge in [-0.3, -0.25) is 0 Å². The van der Waals surface area contributed by atoms with E-state index in [1.54, 1.807) is 0 Å². The summed E-state index contributed by atoms with van der Waals surface area (Å²) in [7, 11) is 0. The fourth-order valence-corrected chi connectivity index (χ4v) is 4.55. The van der Waals surface area contributed by atoms with E-state index in [4.69, 9.17) is 4.98 Å². The van der Waals surface area contributed by atoms with E-state index in [-0.39, 0.29) is 6.10 Å². The van der Waals surface area contributed by atoms with Crippen LogP contribution in [0, 0.1) is 5.92 Å². The van der Waals surface area contributed by atoms with Crippen molar-refractivity contribution in [3.63, 3.8) is 0 Å². The fourth-order valence-electron chi connectivity index (χ4n) is 3.33. The van der Waals surface area contributed by atoms with E-state index in [0.717, 1.165) is 24.4 Å². The SMILES string of the molecule is CC(O)CC(C)CNC1CCCc2nc(-c3ccccc3)sc21. The molecule has 23 heavy (non-hydrogen) atoms. The molecule has 3 nitrogen and oxygen atoms in total. The topological polar surface area (TPSA) is 45.1 Å². The van der Waals surface area contributed by atoms with E-state index in [1.165, 1.54) is 29.0 Å². The predicted octanol–water partition coefficient (Wildman–Crippen LogP) is 4.18. The summed E-state index contributed by atoms with van der Waals surface area (Å²) in [6, 6.07) is 10.9. The molecule has 1 aliphatic carbocycles. The lowest BCUT2D eigenvalue weighted by molar-refractivity contribution is 0.162. The Balaban J connectivity index is 1.71. The first-order chi connectivity index (χ1) is 11.1. The molecule has 2 aromatic rings. The van der Waals surface area contributed by atoms with Crippen LogP contribution in [0.1, 0.15) is 49.7 Å². The predicted molar refractivity (Wildman–Crippen MR) is 96.7 cm³/mol. The van der Waals surface area contributed by atoms with Crippen LogP contribution < -0.4 is 5.32 Å². The molecular weight excluding hydrogens is 304 g/mol. The number of hydrogen-bond acceptors (Lipinski definition) is 4. The van der Waals surface area contributed by atoms with Gasteiger partial charge in [0.05, 0.1) is 11.8 Å². The standard InChI is InChI=1S/C19H26N2OS/c1-13(11-14(2)22)12-20-16-9-6-10-17-18(16)23-19(21-17)15-7-4-3-5-8-15/h3-5,7-8,13-14,16,20,22H,6,9-12H2,1-2H3. The van der Waals surface area contributed by atoms with Gasteiger partial charge in [-0.2, -0.15) is 0 Å². The first-order valence-electron chi connectivity index (χ1n) is 8.60. The van der Waals surface area contributed by atoms with Crippen LogP contribution in [0.25, 0.3) is 10.6 Å². The number of thiazole rings is 1. The van der Waals surface area contributed by atoms with Gasteiger partial charge >= 0.3 is 0 Å². The van der Waals surface area contributed by atoms with Crippen molar-refractivity contribution in [1.82, 2.24) is 10.3 Å². The Morgan fingerprint density at radius 1 is 1.30 bits per heavy atom. The van der Waals surface area contributed by atoms with E-state index < -0.39 is 0 Å². The van der Waals surface area contributed by atoms with Crippen molar-refractivity contribution in [3.8, 4) is 10.6 Å². The van der Waals surface area contributed by atoms with Gasteiger partial charge in [-0.15, -0.1) is 11.3 Å². The molecule has 0 fully saturated rings. The second-order valence-corrected chi connectivity index (χ2v) is 7.77. The molecular formula is C19H26N2OS. The minimum atomic E-state index is -0.221. The number of fused-ring (bicyclic) bond motifs is 1. The normalized spacial score (nSPS) is 20.0. The Morgan fingerprint density at radius 2 is 2.09 bits per heavy atom. The summed E-state index contributed by atoms with van der Waals surface area (Å²) in [4.78, 5) is 6.30. The largest absolute Gasteiger partial charge is 0.393 e. The zero-order valence-electron chi connectivity index (χ0n) is 14.0. The van der Waals surface area contributed by atoms with Gasteiger partial charge in [0, 0.05) is 16.5 Å². The van der Waals surface area contributed by atoms with Crippen LogP contribution in [0.15, 0.2) is 30.3 Å². The fraction of sp³-hybridized carbons (Fsp3) is 0.526. The number of nitrogens with zero attached hydrogens (tertiary/aromatic N) is 1.